The zero-order valence-corrected chi connectivity index (χ0v) is 5.60. The van der Waals surface area contributed by atoms with E-state index in [0.717, 1.165) is 0 Å². The number of hydrogen-bond acceptors (Lipinski definition) is 1. The quantitative estimate of drug-likeness (QED) is 0.503. The summed E-state index contributed by atoms with van der Waals surface area (Å²) >= 11 is 0. The lowest BCUT2D eigenvalue weighted by atomic mass is 10.2. The van der Waals surface area contributed by atoms with Gasteiger partial charge in [-0.3, -0.25) is 0 Å². The van der Waals surface area contributed by atoms with Gasteiger partial charge in [0.2, 0.25) is 0 Å². The fraction of sp³-hybridized carbons (Fsp3) is 0.833. The van der Waals surface area contributed by atoms with Crippen molar-refractivity contribution in [3.8, 4) is 0 Å². The molecular formula is C6H14N. The van der Waals surface area contributed by atoms with E-state index in [2.05, 4.69) is 39.3 Å². The molecule has 1 unspecified atom stereocenters. The van der Waals surface area contributed by atoms with E-state index in [1.54, 1.807) is 0 Å². The van der Waals surface area contributed by atoms with Crippen LogP contribution >= 0.6 is 0 Å². The van der Waals surface area contributed by atoms with E-state index < -0.39 is 0 Å². The van der Waals surface area contributed by atoms with Crippen LogP contribution in [0.25, 0.3) is 0 Å². The molecular weight excluding hydrogens is 86.1 g/mol. The van der Waals surface area contributed by atoms with Crippen LogP contribution in [0.15, 0.2) is 0 Å². The Morgan fingerprint density at radius 1 is 1.43 bits per heavy atom. The minimum Gasteiger partial charge on any atom is -0.306 e. The highest BCUT2D eigenvalue weighted by Crippen LogP contribution is 1.92. The second-order valence-electron chi connectivity index (χ2n) is 2.04. The SMILES string of the molecule is C[CH]C(C)N(C)C. The third-order valence-electron chi connectivity index (χ3n) is 1.30. The maximum Gasteiger partial charge on any atom is 0.00895 e. The summed E-state index contributed by atoms with van der Waals surface area (Å²) in [4.78, 5) is 2.17. The average Bonchev–Trinajstić information content (AvgIpc) is 1.65. The largest absolute Gasteiger partial charge is 0.306 e. The third-order valence-corrected chi connectivity index (χ3v) is 1.30. The Kier molecular flexibility index (Phi) is 3.01. The zero-order chi connectivity index (χ0) is 5.86. The van der Waals surface area contributed by atoms with Crippen LogP contribution in [-0.2, 0) is 0 Å². The molecule has 0 aromatic heterocycles. The summed E-state index contributed by atoms with van der Waals surface area (Å²) in [5, 5.41) is 0. The van der Waals surface area contributed by atoms with E-state index in [1.807, 2.05) is 0 Å². The predicted molar refractivity (Wildman–Crippen MR) is 33.1 cm³/mol. The van der Waals surface area contributed by atoms with Gasteiger partial charge in [0.05, 0.1) is 0 Å². The summed E-state index contributed by atoms with van der Waals surface area (Å²) in [6, 6.07) is 0.611. The molecule has 0 saturated heterocycles. The molecule has 0 aromatic rings. The lowest BCUT2D eigenvalue weighted by Gasteiger charge is -2.16. The molecule has 0 amide bonds. The highest BCUT2D eigenvalue weighted by Gasteiger charge is 1.97. The van der Waals surface area contributed by atoms with Gasteiger partial charge in [-0.2, -0.15) is 0 Å². The standard InChI is InChI=1S/C6H14N/c1-5-6(2)7(3)4/h5-6H,1-4H3. The normalized spacial score (nSPS) is 15.0. The van der Waals surface area contributed by atoms with Crippen molar-refractivity contribution in [2.45, 2.75) is 19.9 Å². The Morgan fingerprint density at radius 3 is 1.86 bits per heavy atom. The average molecular weight is 100 g/mol. The molecule has 0 rings (SSSR count). The maximum atomic E-state index is 2.17. The van der Waals surface area contributed by atoms with E-state index in [4.69, 9.17) is 0 Å². The lowest BCUT2D eigenvalue weighted by molar-refractivity contribution is 0.347. The van der Waals surface area contributed by atoms with Gasteiger partial charge in [0.15, 0.2) is 0 Å². The topological polar surface area (TPSA) is 3.24 Å². The summed E-state index contributed by atoms with van der Waals surface area (Å²) < 4.78 is 0. The zero-order valence-electron chi connectivity index (χ0n) is 5.60. The van der Waals surface area contributed by atoms with E-state index >= 15 is 0 Å². The van der Waals surface area contributed by atoms with Crippen molar-refractivity contribution in [3.05, 3.63) is 6.42 Å². The van der Waals surface area contributed by atoms with Crippen molar-refractivity contribution in [2.24, 2.45) is 0 Å². The first-order valence-corrected chi connectivity index (χ1v) is 2.64. The monoisotopic (exact) mass is 100 g/mol. The van der Waals surface area contributed by atoms with Gasteiger partial charge in [-0.1, -0.05) is 6.92 Å². The Balaban J connectivity index is 3.14. The Morgan fingerprint density at radius 2 is 1.86 bits per heavy atom. The van der Waals surface area contributed by atoms with Crippen LogP contribution in [0, 0.1) is 6.42 Å². The van der Waals surface area contributed by atoms with Crippen LogP contribution in [0.3, 0.4) is 0 Å². The van der Waals surface area contributed by atoms with Crippen molar-refractivity contribution in [1.29, 1.82) is 0 Å². The molecule has 0 saturated carbocycles. The summed E-state index contributed by atoms with van der Waals surface area (Å²) in [5.41, 5.74) is 0. The Labute approximate surface area is 46.3 Å². The minimum atomic E-state index is 0.611. The highest BCUT2D eigenvalue weighted by molar-refractivity contribution is 4.71. The van der Waals surface area contributed by atoms with Gasteiger partial charge in [-0.05, 0) is 27.4 Å². The van der Waals surface area contributed by atoms with Crippen LogP contribution in [0.5, 0.6) is 0 Å². The first kappa shape index (κ1) is 6.96. The van der Waals surface area contributed by atoms with Gasteiger partial charge >= 0.3 is 0 Å². The van der Waals surface area contributed by atoms with Gasteiger partial charge in [0.1, 0.15) is 0 Å². The third kappa shape index (κ3) is 2.63. The van der Waals surface area contributed by atoms with Crippen LogP contribution in [-0.4, -0.2) is 25.0 Å². The Hall–Kier alpha value is -0.0400. The summed E-state index contributed by atoms with van der Waals surface area (Å²) in [6.07, 6.45) is 2.17. The molecule has 1 atom stereocenters. The number of hydrogen-bond donors (Lipinski definition) is 0. The fourth-order valence-corrected chi connectivity index (χ4v) is 0.298. The van der Waals surface area contributed by atoms with E-state index in [1.165, 1.54) is 0 Å². The summed E-state index contributed by atoms with van der Waals surface area (Å²) in [6.45, 7) is 4.24. The molecule has 1 radical (unpaired) electrons. The van der Waals surface area contributed by atoms with Crippen molar-refractivity contribution in [2.75, 3.05) is 14.1 Å². The number of nitrogens with zero attached hydrogens (tertiary/aromatic N) is 1. The van der Waals surface area contributed by atoms with Crippen LogP contribution in [0.1, 0.15) is 13.8 Å². The molecule has 1 nitrogen and oxygen atoms in total. The van der Waals surface area contributed by atoms with Crippen molar-refractivity contribution in [3.63, 3.8) is 0 Å². The molecule has 0 aliphatic heterocycles. The van der Waals surface area contributed by atoms with Crippen LogP contribution < -0.4 is 0 Å². The fourth-order valence-electron chi connectivity index (χ4n) is 0.298. The maximum absolute atomic E-state index is 2.17. The molecule has 0 aliphatic carbocycles. The minimum absolute atomic E-state index is 0.611. The molecule has 0 aliphatic rings. The van der Waals surface area contributed by atoms with E-state index in [9.17, 15) is 0 Å². The second-order valence-corrected chi connectivity index (χ2v) is 2.04. The smallest absolute Gasteiger partial charge is 0.00895 e. The molecule has 0 aromatic carbocycles. The van der Waals surface area contributed by atoms with Gasteiger partial charge in [0.25, 0.3) is 0 Å². The number of rotatable bonds is 2. The van der Waals surface area contributed by atoms with Crippen molar-refractivity contribution in [1.82, 2.24) is 4.90 Å². The van der Waals surface area contributed by atoms with Crippen molar-refractivity contribution >= 4 is 0 Å². The summed E-state index contributed by atoms with van der Waals surface area (Å²) in [7, 11) is 4.15. The van der Waals surface area contributed by atoms with E-state index in [-0.39, 0.29) is 0 Å². The van der Waals surface area contributed by atoms with Gasteiger partial charge in [0, 0.05) is 6.04 Å². The molecule has 1 heteroatoms. The van der Waals surface area contributed by atoms with Gasteiger partial charge < -0.3 is 4.90 Å². The first-order valence-electron chi connectivity index (χ1n) is 2.64. The molecule has 0 spiro atoms. The van der Waals surface area contributed by atoms with E-state index in [0.29, 0.717) is 6.04 Å². The first-order chi connectivity index (χ1) is 3.18. The molecule has 43 valence electrons. The summed E-state index contributed by atoms with van der Waals surface area (Å²) in [5.74, 6) is 0. The van der Waals surface area contributed by atoms with Crippen LogP contribution in [0.2, 0.25) is 0 Å². The Bertz CT molecular complexity index is 41.4. The van der Waals surface area contributed by atoms with Crippen molar-refractivity contribution < 1.29 is 0 Å². The van der Waals surface area contributed by atoms with Gasteiger partial charge in [-0.15, -0.1) is 0 Å². The lowest BCUT2D eigenvalue weighted by Crippen LogP contribution is -2.23. The molecule has 0 N–H and O–H groups in total. The predicted octanol–water partition coefficient (Wildman–Crippen LogP) is 1.16. The molecule has 0 fully saturated rings. The highest BCUT2D eigenvalue weighted by atomic mass is 15.1. The van der Waals surface area contributed by atoms with Gasteiger partial charge in [-0.25, -0.2) is 0 Å². The second kappa shape index (κ2) is 3.03. The molecule has 0 bridgehead atoms. The molecule has 7 heavy (non-hydrogen) atoms. The molecule has 0 heterocycles. The van der Waals surface area contributed by atoms with Crippen LogP contribution in [0.4, 0.5) is 0 Å².